The summed E-state index contributed by atoms with van der Waals surface area (Å²) in [6.45, 7) is 4.26. The number of hydrogen-bond donors (Lipinski definition) is 1. The first-order chi connectivity index (χ1) is 12.0. The molecule has 1 atom stereocenters. The van der Waals surface area contributed by atoms with Crippen molar-refractivity contribution in [3.63, 3.8) is 0 Å². The number of anilines is 1. The molecule has 5 heteroatoms. The SMILES string of the molecule is Cc1cc(C)cc(OCCC(=O)N2c3ccccc3C[C@H]2C(N)=O)c1. The van der Waals surface area contributed by atoms with Gasteiger partial charge < -0.3 is 10.5 Å². The van der Waals surface area contributed by atoms with Gasteiger partial charge >= 0.3 is 0 Å². The maximum absolute atomic E-state index is 12.7. The molecular formula is C20H22N2O3. The molecule has 2 aromatic rings. The molecule has 2 amide bonds. The molecule has 1 heterocycles. The van der Waals surface area contributed by atoms with Gasteiger partial charge in [-0.25, -0.2) is 0 Å². The average molecular weight is 338 g/mol. The van der Waals surface area contributed by atoms with Crippen LogP contribution in [-0.4, -0.2) is 24.5 Å². The number of fused-ring (bicyclic) bond motifs is 1. The zero-order valence-electron chi connectivity index (χ0n) is 14.5. The number of aryl methyl sites for hydroxylation is 2. The van der Waals surface area contributed by atoms with Gasteiger partial charge in [0.25, 0.3) is 0 Å². The predicted molar refractivity (Wildman–Crippen MR) is 96.6 cm³/mol. The van der Waals surface area contributed by atoms with Crippen molar-refractivity contribution in [1.82, 2.24) is 0 Å². The van der Waals surface area contributed by atoms with Gasteiger partial charge in [0.1, 0.15) is 11.8 Å². The number of ether oxygens (including phenoxy) is 1. The molecule has 0 fully saturated rings. The second-order valence-corrected chi connectivity index (χ2v) is 6.44. The zero-order chi connectivity index (χ0) is 18.0. The number of carbonyl (C=O) groups is 2. The van der Waals surface area contributed by atoms with E-state index in [9.17, 15) is 9.59 Å². The molecule has 0 aliphatic carbocycles. The van der Waals surface area contributed by atoms with Crippen LogP contribution >= 0.6 is 0 Å². The zero-order valence-corrected chi connectivity index (χ0v) is 14.5. The van der Waals surface area contributed by atoms with Crippen molar-refractivity contribution >= 4 is 17.5 Å². The number of carbonyl (C=O) groups excluding carboxylic acids is 2. The van der Waals surface area contributed by atoms with E-state index in [1.807, 2.05) is 50.2 Å². The highest BCUT2D eigenvalue weighted by Crippen LogP contribution is 2.32. The number of amides is 2. The van der Waals surface area contributed by atoms with Crippen LogP contribution in [0.2, 0.25) is 0 Å². The Balaban J connectivity index is 1.68. The molecule has 3 rings (SSSR count). The predicted octanol–water partition coefficient (Wildman–Crippen LogP) is 2.52. The Morgan fingerprint density at radius 3 is 2.52 bits per heavy atom. The van der Waals surface area contributed by atoms with Crippen LogP contribution in [0, 0.1) is 13.8 Å². The summed E-state index contributed by atoms with van der Waals surface area (Å²) in [6.07, 6.45) is 0.653. The fourth-order valence-corrected chi connectivity index (χ4v) is 3.31. The molecule has 2 N–H and O–H groups in total. The molecule has 130 valence electrons. The van der Waals surface area contributed by atoms with Crippen LogP contribution in [0.15, 0.2) is 42.5 Å². The van der Waals surface area contributed by atoms with Crippen molar-refractivity contribution in [3.05, 3.63) is 59.2 Å². The number of hydrogen-bond acceptors (Lipinski definition) is 3. The third kappa shape index (κ3) is 3.65. The van der Waals surface area contributed by atoms with Crippen LogP contribution in [0.4, 0.5) is 5.69 Å². The van der Waals surface area contributed by atoms with E-state index in [1.54, 1.807) is 0 Å². The van der Waals surface area contributed by atoms with Crippen LogP contribution in [0.5, 0.6) is 5.75 Å². The molecule has 1 aliphatic rings. The summed E-state index contributed by atoms with van der Waals surface area (Å²) < 4.78 is 5.72. The Labute approximate surface area is 147 Å². The molecule has 0 unspecified atom stereocenters. The lowest BCUT2D eigenvalue weighted by Crippen LogP contribution is -2.46. The van der Waals surface area contributed by atoms with Crippen LogP contribution in [0.25, 0.3) is 0 Å². The number of para-hydroxylation sites is 1. The van der Waals surface area contributed by atoms with Crippen molar-refractivity contribution < 1.29 is 14.3 Å². The van der Waals surface area contributed by atoms with Crippen LogP contribution in [0.1, 0.15) is 23.1 Å². The molecule has 0 saturated heterocycles. The minimum Gasteiger partial charge on any atom is -0.493 e. The van der Waals surface area contributed by atoms with Crippen molar-refractivity contribution in [2.75, 3.05) is 11.5 Å². The summed E-state index contributed by atoms with van der Waals surface area (Å²) in [5, 5.41) is 0. The third-order valence-electron chi connectivity index (χ3n) is 4.35. The number of primary amides is 1. The minimum atomic E-state index is -0.619. The van der Waals surface area contributed by atoms with Gasteiger partial charge in [0, 0.05) is 12.1 Å². The van der Waals surface area contributed by atoms with E-state index >= 15 is 0 Å². The Hall–Kier alpha value is -2.82. The van der Waals surface area contributed by atoms with E-state index in [2.05, 4.69) is 6.07 Å². The highest BCUT2D eigenvalue weighted by molar-refractivity contribution is 6.03. The first-order valence-corrected chi connectivity index (χ1v) is 8.36. The van der Waals surface area contributed by atoms with Crippen LogP contribution in [0.3, 0.4) is 0 Å². The van der Waals surface area contributed by atoms with E-state index in [0.29, 0.717) is 6.42 Å². The average Bonchev–Trinajstić information content (AvgIpc) is 2.93. The number of rotatable bonds is 5. The molecule has 1 aliphatic heterocycles. The van der Waals surface area contributed by atoms with E-state index in [-0.39, 0.29) is 18.9 Å². The van der Waals surface area contributed by atoms with Gasteiger partial charge in [-0.05, 0) is 48.7 Å². The summed E-state index contributed by atoms with van der Waals surface area (Å²) in [4.78, 5) is 26.0. The van der Waals surface area contributed by atoms with Crippen molar-refractivity contribution in [2.45, 2.75) is 32.7 Å². The highest BCUT2D eigenvalue weighted by atomic mass is 16.5. The summed E-state index contributed by atoms with van der Waals surface area (Å²) >= 11 is 0. The first-order valence-electron chi connectivity index (χ1n) is 8.36. The summed E-state index contributed by atoms with van der Waals surface area (Å²) in [7, 11) is 0. The normalized spacial score (nSPS) is 15.8. The maximum atomic E-state index is 12.7. The van der Waals surface area contributed by atoms with E-state index < -0.39 is 11.9 Å². The van der Waals surface area contributed by atoms with Gasteiger partial charge in [0.05, 0.1) is 13.0 Å². The topological polar surface area (TPSA) is 72.6 Å². The minimum absolute atomic E-state index is 0.155. The third-order valence-corrected chi connectivity index (χ3v) is 4.35. The maximum Gasteiger partial charge on any atom is 0.240 e. The van der Waals surface area contributed by atoms with Crippen molar-refractivity contribution in [2.24, 2.45) is 5.73 Å². The standard InChI is InChI=1S/C20H22N2O3/c1-13-9-14(2)11-16(10-13)25-8-7-19(23)22-17-6-4-3-5-15(17)12-18(22)20(21)24/h3-6,9-11,18H,7-8,12H2,1-2H3,(H2,21,24)/t18-/m0/s1. The number of benzene rings is 2. The Kier molecular flexibility index (Phi) is 4.74. The van der Waals surface area contributed by atoms with Gasteiger partial charge in [0.15, 0.2) is 0 Å². The lowest BCUT2D eigenvalue weighted by atomic mass is 10.1. The second kappa shape index (κ2) is 6.97. The molecule has 0 saturated carbocycles. The van der Waals surface area contributed by atoms with Gasteiger partial charge in [-0.2, -0.15) is 0 Å². The molecule has 0 aromatic heterocycles. The second-order valence-electron chi connectivity index (χ2n) is 6.44. The first kappa shape index (κ1) is 17.0. The largest absolute Gasteiger partial charge is 0.493 e. The van der Waals surface area contributed by atoms with Crippen molar-refractivity contribution in [3.8, 4) is 5.75 Å². The molecule has 0 bridgehead atoms. The van der Waals surface area contributed by atoms with E-state index in [1.165, 1.54) is 4.90 Å². The monoisotopic (exact) mass is 338 g/mol. The molecular weight excluding hydrogens is 316 g/mol. The Morgan fingerprint density at radius 2 is 1.84 bits per heavy atom. The fourth-order valence-electron chi connectivity index (χ4n) is 3.31. The molecule has 0 spiro atoms. The lowest BCUT2D eigenvalue weighted by Gasteiger charge is -2.23. The molecule has 25 heavy (non-hydrogen) atoms. The molecule has 5 nitrogen and oxygen atoms in total. The highest BCUT2D eigenvalue weighted by Gasteiger charge is 2.36. The van der Waals surface area contributed by atoms with Gasteiger partial charge in [-0.1, -0.05) is 24.3 Å². The summed E-state index contributed by atoms with van der Waals surface area (Å²) in [5.74, 6) is 0.108. The smallest absolute Gasteiger partial charge is 0.240 e. The van der Waals surface area contributed by atoms with Crippen LogP contribution < -0.4 is 15.4 Å². The summed E-state index contributed by atoms with van der Waals surface area (Å²) in [5.41, 5.74) is 9.46. The Bertz CT molecular complexity index is 796. The van der Waals surface area contributed by atoms with Gasteiger partial charge in [-0.3, -0.25) is 14.5 Å². The number of nitrogens with zero attached hydrogens (tertiary/aromatic N) is 1. The summed E-state index contributed by atoms with van der Waals surface area (Å²) in [6, 6.07) is 12.8. The fraction of sp³-hybridized carbons (Fsp3) is 0.300. The Morgan fingerprint density at radius 1 is 1.16 bits per heavy atom. The number of nitrogens with two attached hydrogens (primary N) is 1. The van der Waals surface area contributed by atoms with Crippen LogP contribution in [-0.2, 0) is 16.0 Å². The quantitative estimate of drug-likeness (QED) is 0.910. The van der Waals surface area contributed by atoms with Gasteiger partial charge in [-0.15, -0.1) is 0 Å². The van der Waals surface area contributed by atoms with Gasteiger partial charge in [0.2, 0.25) is 11.8 Å². The van der Waals surface area contributed by atoms with E-state index in [4.69, 9.17) is 10.5 Å². The molecule has 0 radical (unpaired) electrons. The molecule has 2 aromatic carbocycles. The van der Waals surface area contributed by atoms with E-state index in [0.717, 1.165) is 28.1 Å². The lowest BCUT2D eigenvalue weighted by molar-refractivity contribution is -0.124. The van der Waals surface area contributed by atoms with Crippen molar-refractivity contribution in [1.29, 1.82) is 0 Å².